The summed E-state index contributed by atoms with van der Waals surface area (Å²) in [5.74, 6) is -0.649. The van der Waals surface area contributed by atoms with Crippen LogP contribution < -0.4 is 5.32 Å². The van der Waals surface area contributed by atoms with Gasteiger partial charge in [-0.05, 0) is 25.7 Å². The number of aliphatic carboxylic acids is 1. The maximum atomic E-state index is 12.1. The molecule has 0 radical (unpaired) electrons. The summed E-state index contributed by atoms with van der Waals surface area (Å²) in [7, 11) is 0. The Morgan fingerprint density at radius 1 is 1.47 bits per heavy atom. The smallest absolute Gasteiger partial charge is 0.326 e. The highest BCUT2D eigenvalue weighted by atomic mass is 32.1. The quantitative estimate of drug-likeness (QED) is 0.859. The highest BCUT2D eigenvalue weighted by Gasteiger charge is 2.35. The maximum absolute atomic E-state index is 12.1. The number of amides is 2. The standard InChI is InChI=1S/C11H16N4O3S/c1-6-3-4-15(8(5-6)9(16)17)11(18)12-10-14-13-7(2)19-10/h6,8H,3-5H2,1-2H3,(H,16,17)(H,12,14,18). The number of urea groups is 1. The second-order valence-corrected chi connectivity index (χ2v) is 5.92. The van der Waals surface area contributed by atoms with Crippen molar-refractivity contribution in [1.29, 1.82) is 0 Å². The van der Waals surface area contributed by atoms with Gasteiger partial charge < -0.3 is 10.0 Å². The van der Waals surface area contributed by atoms with Gasteiger partial charge in [-0.2, -0.15) is 0 Å². The Balaban J connectivity index is 2.06. The second kappa shape index (κ2) is 5.52. The number of hydrogen-bond donors (Lipinski definition) is 2. The lowest BCUT2D eigenvalue weighted by atomic mass is 9.93. The molecule has 2 atom stereocenters. The molecule has 8 heteroatoms. The van der Waals surface area contributed by atoms with Crippen molar-refractivity contribution in [2.75, 3.05) is 11.9 Å². The average Bonchev–Trinajstić information content (AvgIpc) is 2.74. The molecule has 1 aromatic heterocycles. The highest BCUT2D eigenvalue weighted by molar-refractivity contribution is 7.15. The Morgan fingerprint density at radius 2 is 2.21 bits per heavy atom. The fraction of sp³-hybridized carbons (Fsp3) is 0.636. The number of carbonyl (C=O) groups is 2. The number of piperidine rings is 1. The lowest BCUT2D eigenvalue weighted by Crippen LogP contribution is -2.51. The van der Waals surface area contributed by atoms with Crippen LogP contribution in [0.2, 0.25) is 0 Å². The summed E-state index contributed by atoms with van der Waals surface area (Å²) in [6, 6.07) is -1.19. The number of aromatic nitrogens is 2. The minimum absolute atomic E-state index is 0.314. The Kier molecular flexibility index (Phi) is 3.98. The molecule has 0 aliphatic carbocycles. The van der Waals surface area contributed by atoms with Gasteiger partial charge in [0.2, 0.25) is 5.13 Å². The first-order chi connectivity index (χ1) is 8.97. The molecule has 7 nitrogen and oxygen atoms in total. The predicted molar refractivity (Wildman–Crippen MR) is 70.2 cm³/mol. The number of carbonyl (C=O) groups excluding carboxylic acids is 1. The van der Waals surface area contributed by atoms with Crippen molar-refractivity contribution in [3.05, 3.63) is 5.01 Å². The fourth-order valence-corrected chi connectivity index (χ4v) is 2.71. The van der Waals surface area contributed by atoms with E-state index in [1.54, 1.807) is 6.92 Å². The van der Waals surface area contributed by atoms with Crippen LogP contribution in [-0.4, -0.2) is 44.8 Å². The molecule has 1 aliphatic rings. The number of nitrogens with zero attached hydrogens (tertiary/aromatic N) is 3. The van der Waals surface area contributed by atoms with Crippen molar-refractivity contribution in [2.45, 2.75) is 32.7 Å². The van der Waals surface area contributed by atoms with Crippen LogP contribution in [0.3, 0.4) is 0 Å². The number of hydrogen-bond acceptors (Lipinski definition) is 5. The largest absolute Gasteiger partial charge is 0.480 e. The van der Waals surface area contributed by atoms with Crippen LogP contribution in [-0.2, 0) is 4.79 Å². The fourth-order valence-electron chi connectivity index (χ4n) is 2.13. The van der Waals surface area contributed by atoms with Crippen LogP contribution in [0.1, 0.15) is 24.8 Å². The summed E-state index contributed by atoms with van der Waals surface area (Å²) in [5, 5.41) is 20.5. The lowest BCUT2D eigenvalue weighted by Gasteiger charge is -2.35. The minimum atomic E-state index is -0.963. The van der Waals surface area contributed by atoms with Crippen molar-refractivity contribution < 1.29 is 14.7 Å². The molecule has 104 valence electrons. The molecule has 2 amide bonds. The molecule has 19 heavy (non-hydrogen) atoms. The Hall–Kier alpha value is -1.70. The monoisotopic (exact) mass is 284 g/mol. The number of carboxylic acid groups (broad SMARTS) is 1. The predicted octanol–water partition coefficient (Wildman–Crippen LogP) is 1.56. The molecule has 2 heterocycles. The molecule has 2 N–H and O–H groups in total. The van der Waals surface area contributed by atoms with Gasteiger partial charge in [-0.25, -0.2) is 9.59 Å². The van der Waals surface area contributed by atoms with E-state index in [9.17, 15) is 14.7 Å². The zero-order chi connectivity index (χ0) is 14.0. The van der Waals surface area contributed by atoms with Crippen molar-refractivity contribution in [1.82, 2.24) is 15.1 Å². The van der Waals surface area contributed by atoms with E-state index in [1.807, 2.05) is 6.92 Å². The van der Waals surface area contributed by atoms with E-state index >= 15 is 0 Å². The molecule has 1 fully saturated rings. The molecule has 2 rings (SSSR count). The number of aryl methyl sites for hydroxylation is 1. The molecule has 0 bridgehead atoms. The normalized spacial score (nSPS) is 23.2. The molecule has 0 spiro atoms. The van der Waals surface area contributed by atoms with E-state index in [1.165, 1.54) is 16.2 Å². The minimum Gasteiger partial charge on any atom is -0.480 e. The molecule has 0 aromatic carbocycles. The SMILES string of the molecule is Cc1nnc(NC(=O)N2CCC(C)CC2C(=O)O)s1. The number of carboxylic acids is 1. The zero-order valence-electron chi connectivity index (χ0n) is 10.8. The summed E-state index contributed by atoms with van der Waals surface area (Å²) in [6.45, 7) is 4.23. The van der Waals surface area contributed by atoms with Crippen LogP contribution in [0.25, 0.3) is 0 Å². The van der Waals surface area contributed by atoms with E-state index in [-0.39, 0.29) is 0 Å². The van der Waals surface area contributed by atoms with E-state index in [4.69, 9.17) is 0 Å². The molecule has 0 saturated carbocycles. The Bertz CT molecular complexity index is 490. The summed E-state index contributed by atoms with van der Waals surface area (Å²) < 4.78 is 0. The van der Waals surface area contributed by atoms with Crippen LogP contribution in [0.4, 0.5) is 9.93 Å². The van der Waals surface area contributed by atoms with Gasteiger partial charge in [-0.3, -0.25) is 5.32 Å². The van der Waals surface area contributed by atoms with E-state index in [0.29, 0.717) is 24.0 Å². The third-order valence-electron chi connectivity index (χ3n) is 3.15. The number of rotatable bonds is 2. The van der Waals surface area contributed by atoms with Gasteiger partial charge in [0.05, 0.1) is 0 Å². The third-order valence-corrected chi connectivity index (χ3v) is 3.90. The molecule has 1 saturated heterocycles. The van der Waals surface area contributed by atoms with Crippen LogP contribution >= 0.6 is 11.3 Å². The summed E-state index contributed by atoms with van der Waals surface area (Å²) in [6.07, 6.45) is 1.30. The number of nitrogens with one attached hydrogen (secondary N) is 1. The topological polar surface area (TPSA) is 95.4 Å². The lowest BCUT2D eigenvalue weighted by molar-refractivity contribution is -0.143. The van der Waals surface area contributed by atoms with Gasteiger partial charge in [-0.15, -0.1) is 10.2 Å². The van der Waals surface area contributed by atoms with Gasteiger partial charge in [0.1, 0.15) is 11.0 Å². The van der Waals surface area contributed by atoms with Crippen LogP contribution in [0, 0.1) is 12.8 Å². The van der Waals surface area contributed by atoms with Crippen molar-refractivity contribution in [2.24, 2.45) is 5.92 Å². The molecule has 2 unspecified atom stereocenters. The Morgan fingerprint density at radius 3 is 2.79 bits per heavy atom. The third kappa shape index (κ3) is 3.19. The number of anilines is 1. The van der Waals surface area contributed by atoms with E-state index < -0.39 is 18.0 Å². The van der Waals surface area contributed by atoms with Gasteiger partial charge in [0.15, 0.2) is 0 Å². The van der Waals surface area contributed by atoms with Crippen molar-refractivity contribution in [3.63, 3.8) is 0 Å². The first-order valence-electron chi connectivity index (χ1n) is 6.08. The van der Waals surface area contributed by atoms with Gasteiger partial charge in [-0.1, -0.05) is 18.3 Å². The first-order valence-corrected chi connectivity index (χ1v) is 6.89. The molecule has 1 aliphatic heterocycles. The van der Waals surface area contributed by atoms with Gasteiger partial charge in [0.25, 0.3) is 0 Å². The second-order valence-electron chi connectivity index (χ2n) is 4.73. The van der Waals surface area contributed by atoms with Crippen molar-refractivity contribution >= 4 is 28.5 Å². The van der Waals surface area contributed by atoms with E-state index in [2.05, 4.69) is 15.5 Å². The molecule has 1 aromatic rings. The number of likely N-dealkylation sites (tertiary alicyclic amines) is 1. The van der Waals surface area contributed by atoms with Crippen LogP contribution in [0.15, 0.2) is 0 Å². The molecular weight excluding hydrogens is 268 g/mol. The molecular formula is C11H16N4O3S. The summed E-state index contributed by atoms with van der Waals surface area (Å²) >= 11 is 1.26. The van der Waals surface area contributed by atoms with Gasteiger partial charge >= 0.3 is 12.0 Å². The summed E-state index contributed by atoms with van der Waals surface area (Å²) in [4.78, 5) is 24.7. The highest BCUT2D eigenvalue weighted by Crippen LogP contribution is 2.24. The zero-order valence-corrected chi connectivity index (χ0v) is 11.6. The van der Waals surface area contributed by atoms with Crippen LogP contribution in [0.5, 0.6) is 0 Å². The average molecular weight is 284 g/mol. The van der Waals surface area contributed by atoms with Gasteiger partial charge in [0, 0.05) is 6.54 Å². The van der Waals surface area contributed by atoms with Crippen molar-refractivity contribution in [3.8, 4) is 0 Å². The Labute approximate surface area is 114 Å². The maximum Gasteiger partial charge on any atom is 0.326 e. The summed E-state index contributed by atoms with van der Waals surface area (Å²) in [5.41, 5.74) is 0. The first kappa shape index (κ1) is 13.7. The van der Waals surface area contributed by atoms with E-state index in [0.717, 1.165) is 11.4 Å².